The molecule has 64 valence electrons. The Labute approximate surface area is 87.7 Å². The largest absolute Gasteiger partial charge is 0.396 e. The van der Waals surface area contributed by atoms with Crippen LogP contribution in [0.15, 0.2) is 22.9 Å². The zero-order valence-electron chi connectivity index (χ0n) is 7.50. The first kappa shape index (κ1) is 10.4. The van der Waals surface area contributed by atoms with Crippen LogP contribution in [0.3, 0.4) is 0 Å². The average molecular weight is 236 g/mol. The Hall–Kier alpha value is -0.720. The van der Waals surface area contributed by atoms with Crippen LogP contribution in [0.1, 0.15) is 5.56 Å². The minimum atomic E-state index is -0.956. The highest BCUT2D eigenvalue weighted by Crippen LogP contribution is 2.08. The zero-order valence-corrected chi connectivity index (χ0v) is 9.09. The van der Waals surface area contributed by atoms with Crippen LogP contribution >= 0.6 is 15.9 Å². The average Bonchev–Trinajstić information content (AvgIpc) is 2.00. The highest BCUT2D eigenvalue weighted by Gasteiger charge is 2.06. The second kappa shape index (κ2) is 3.99. The molecule has 0 atom stereocenters. The topological polar surface area (TPSA) is 33.1 Å². The maximum absolute atomic E-state index is 9.34. The van der Waals surface area contributed by atoms with E-state index < -0.39 is 5.40 Å². The molecule has 0 saturated carbocycles. The molecule has 1 aromatic rings. The summed E-state index contributed by atoms with van der Waals surface area (Å²) >= 11 is 3.29. The minimum Gasteiger partial charge on any atom is -0.396 e. The van der Waals surface area contributed by atoms with Crippen LogP contribution in [-0.4, -0.2) is 31.2 Å². The van der Waals surface area contributed by atoms with Gasteiger partial charge in [-0.25, -0.2) is 0 Å². The lowest BCUT2D eigenvalue weighted by molar-refractivity contribution is 0.272. The fraction of sp³-hybridized carbons (Fsp3) is 0.125. The van der Waals surface area contributed by atoms with E-state index in [1.807, 2.05) is 6.07 Å². The predicted octanol–water partition coefficient (Wildman–Crippen LogP) is -0.892. The van der Waals surface area contributed by atoms with E-state index in [1.54, 1.807) is 28.1 Å². The van der Waals surface area contributed by atoms with Crippen molar-refractivity contribution in [1.29, 1.82) is 0 Å². The molecule has 1 heterocycles. The van der Waals surface area contributed by atoms with Gasteiger partial charge in [-0.05, 0) is 22.0 Å². The summed E-state index contributed by atoms with van der Waals surface area (Å²) in [6, 6.07) is 1.85. The second-order valence-electron chi connectivity index (χ2n) is 3.20. The SMILES string of the molecule is BC(B)(O)C#Cc1cncc(Br)c1. The van der Waals surface area contributed by atoms with Gasteiger partial charge < -0.3 is 5.11 Å². The molecule has 0 unspecified atom stereocenters. The summed E-state index contributed by atoms with van der Waals surface area (Å²) in [5, 5.41) is 8.39. The molecule has 0 aliphatic rings. The summed E-state index contributed by atoms with van der Waals surface area (Å²) in [5.74, 6) is 5.54. The molecule has 0 fully saturated rings. The smallest absolute Gasteiger partial charge is 0.147 e. The van der Waals surface area contributed by atoms with Crippen LogP contribution in [0.5, 0.6) is 0 Å². The van der Waals surface area contributed by atoms with Crippen LogP contribution in [0, 0.1) is 11.8 Å². The van der Waals surface area contributed by atoms with Gasteiger partial charge in [0.15, 0.2) is 0 Å². The lowest BCUT2D eigenvalue weighted by atomic mass is 9.66. The number of hydrogen-bond donors (Lipinski definition) is 1. The Morgan fingerprint density at radius 2 is 2.15 bits per heavy atom. The van der Waals surface area contributed by atoms with Crippen molar-refractivity contribution >= 4 is 31.6 Å². The van der Waals surface area contributed by atoms with Crippen molar-refractivity contribution in [3.05, 3.63) is 28.5 Å². The zero-order chi connectivity index (χ0) is 9.90. The first-order valence-electron chi connectivity index (χ1n) is 3.83. The summed E-state index contributed by atoms with van der Waals surface area (Å²) < 4.78 is 0.884. The first-order valence-corrected chi connectivity index (χ1v) is 4.63. The van der Waals surface area contributed by atoms with Gasteiger partial charge in [-0.2, -0.15) is 0 Å². The van der Waals surface area contributed by atoms with Gasteiger partial charge in [0.2, 0.25) is 0 Å². The highest BCUT2D eigenvalue weighted by atomic mass is 79.9. The molecular formula is C8H8B2BrNO. The lowest BCUT2D eigenvalue weighted by Crippen LogP contribution is -2.26. The fourth-order valence-electron chi connectivity index (χ4n) is 0.705. The van der Waals surface area contributed by atoms with E-state index in [9.17, 15) is 5.11 Å². The van der Waals surface area contributed by atoms with Gasteiger partial charge in [-0.15, -0.1) is 0 Å². The van der Waals surface area contributed by atoms with Crippen molar-refractivity contribution < 1.29 is 5.11 Å². The first-order chi connectivity index (χ1) is 5.97. The molecule has 0 aliphatic heterocycles. The van der Waals surface area contributed by atoms with Crippen LogP contribution in [0.4, 0.5) is 0 Å². The summed E-state index contributed by atoms with van der Waals surface area (Å²) in [6.45, 7) is 0. The summed E-state index contributed by atoms with van der Waals surface area (Å²) in [4.78, 5) is 3.95. The van der Waals surface area contributed by atoms with Crippen molar-refractivity contribution in [1.82, 2.24) is 4.98 Å². The Kier molecular flexibility index (Phi) is 3.18. The molecule has 0 aromatic carbocycles. The number of hydrogen-bond acceptors (Lipinski definition) is 2. The second-order valence-corrected chi connectivity index (χ2v) is 4.12. The molecule has 0 radical (unpaired) electrons. The molecule has 13 heavy (non-hydrogen) atoms. The van der Waals surface area contributed by atoms with E-state index in [-0.39, 0.29) is 0 Å². The number of aliphatic hydroxyl groups is 1. The van der Waals surface area contributed by atoms with E-state index in [2.05, 4.69) is 32.8 Å². The van der Waals surface area contributed by atoms with Crippen molar-refractivity contribution in [3.8, 4) is 11.8 Å². The number of nitrogens with zero attached hydrogens (tertiary/aromatic N) is 1. The van der Waals surface area contributed by atoms with Gasteiger partial charge in [0, 0.05) is 22.4 Å². The van der Waals surface area contributed by atoms with Gasteiger partial charge in [0.05, 0.1) is 5.40 Å². The molecule has 0 bridgehead atoms. The van der Waals surface area contributed by atoms with E-state index in [1.165, 1.54) is 0 Å². The number of halogens is 1. The Balaban J connectivity index is 2.90. The predicted molar refractivity (Wildman–Crippen MR) is 60.9 cm³/mol. The molecule has 2 nitrogen and oxygen atoms in total. The molecule has 0 amide bonds. The molecule has 1 N–H and O–H groups in total. The van der Waals surface area contributed by atoms with Gasteiger partial charge in [-0.3, -0.25) is 4.98 Å². The standard InChI is InChI=1S/C8H8B2BrNO/c9-8(10,13)2-1-6-3-7(11)5-12-4-6/h3-5,13H,9-10H2. The maximum Gasteiger partial charge on any atom is 0.147 e. The van der Waals surface area contributed by atoms with E-state index in [4.69, 9.17) is 0 Å². The van der Waals surface area contributed by atoms with Crippen LogP contribution in [-0.2, 0) is 0 Å². The lowest BCUT2D eigenvalue weighted by Gasteiger charge is -2.05. The van der Waals surface area contributed by atoms with Crippen molar-refractivity contribution in [2.75, 3.05) is 0 Å². The van der Waals surface area contributed by atoms with Gasteiger partial charge in [-0.1, -0.05) is 11.8 Å². The Bertz CT molecular complexity index is 364. The summed E-state index contributed by atoms with van der Waals surface area (Å²) in [5.41, 5.74) is 0.788. The molecule has 0 spiro atoms. The van der Waals surface area contributed by atoms with Crippen molar-refractivity contribution in [2.45, 2.75) is 5.40 Å². The Morgan fingerprint density at radius 1 is 1.46 bits per heavy atom. The van der Waals surface area contributed by atoms with Crippen LogP contribution < -0.4 is 0 Å². The molecule has 5 heteroatoms. The normalized spacial score (nSPS) is 10.3. The van der Waals surface area contributed by atoms with Crippen LogP contribution in [0.25, 0.3) is 0 Å². The van der Waals surface area contributed by atoms with Crippen molar-refractivity contribution in [2.24, 2.45) is 0 Å². The number of rotatable bonds is 0. The molecule has 1 rings (SSSR count). The highest BCUT2D eigenvalue weighted by molar-refractivity contribution is 9.10. The summed E-state index contributed by atoms with van der Waals surface area (Å²) in [7, 11) is 3.29. The minimum absolute atomic E-state index is 0.788. The third-order valence-electron chi connectivity index (χ3n) is 1.22. The molecule has 0 aliphatic carbocycles. The number of pyridine rings is 1. The molecule has 0 saturated heterocycles. The maximum atomic E-state index is 9.34. The third-order valence-corrected chi connectivity index (χ3v) is 1.65. The third kappa shape index (κ3) is 4.16. The van der Waals surface area contributed by atoms with E-state index >= 15 is 0 Å². The summed E-state index contributed by atoms with van der Waals surface area (Å²) in [6.07, 6.45) is 3.35. The Morgan fingerprint density at radius 3 is 2.69 bits per heavy atom. The quantitative estimate of drug-likeness (QED) is 0.468. The monoisotopic (exact) mass is 235 g/mol. The fourth-order valence-corrected chi connectivity index (χ4v) is 1.07. The molecule has 1 aromatic heterocycles. The van der Waals surface area contributed by atoms with Gasteiger partial charge in [0.1, 0.15) is 15.7 Å². The van der Waals surface area contributed by atoms with Crippen LogP contribution in [0.2, 0.25) is 0 Å². The van der Waals surface area contributed by atoms with Gasteiger partial charge >= 0.3 is 0 Å². The van der Waals surface area contributed by atoms with E-state index in [0.29, 0.717) is 0 Å². The van der Waals surface area contributed by atoms with E-state index in [0.717, 1.165) is 10.0 Å². The number of aromatic nitrogens is 1. The van der Waals surface area contributed by atoms with Crippen molar-refractivity contribution in [3.63, 3.8) is 0 Å². The van der Waals surface area contributed by atoms with Gasteiger partial charge in [0.25, 0.3) is 0 Å². The molecular weight excluding hydrogens is 228 g/mol.